The van der Waals surface area contributed by atoms with Crippen LogP contribution < -0.4 is 17.0 Å². The quantitative estimate of drug-likeness (QED) is 0.0396. The zero-order valence-corrected chi connectivity index (χ0v) is 28.9. The van der Waals surface area contributed by atoms with Gasteiger partial charge >= 0.3 is 23.5 Å². The number of anilines is 2. The van der Waals surface area contributed by atoms with Gasteiger partial charge in [-0.1, -0.05) is 0 Å². The molecule has 6 heterocycles. The number of hydrogen-bond donors (Lipinski definition) is 9. The number of imidazole rings is 2. The number of hydrogen-bond acceptors (Lipinski definition) is 20. The summed E-state index contributed by atoms with van der Waals surface area (Å²) in [4.78, 5) is 71.7. The third kappa shape index (κ3) is 8.49. The molecule has 2 aliphatic heterocycles. The Labute approximate surface area is 287 Å². The molecule has 11 N–H and O–H groups in total. The van der Waals surface area contributed by atoms with E-state index >= 15 is 0 Å². The number of nitrogens with zero attached hydrogens (tertiary/aromatic N) is 7. The summed E-state index contributed by atoms with van der Waals surface area (Å²) in [6.45, 7) is -0.990. The third-order valence-electron chi connectivity index (χ3n) is 7.41. The highest BCUT2D eigenvalue weighted by Crippen LogP contribution is 2.66. The van der Waals surface area contributed by atoms with Crippen LogP contribution in [0.2, 0.25) is 0 Å². The second-order valence-corrected chi connectivity index (χ2v) is 16.4. The van der Waals surface area contributed by atoms with Gasteiger partial charge in [0.2, 0.25) is 5.95 Å². The number of fused-ring (bicyclic) bond motifs is 2. The topological polar surface area (TPSA) is 387 Å². The van der Waals surface area contributed by atoms with Crippen molar-refractivity contribution in [1.29, 1.82) is 0 Å². The van der Waals surface area contributed by atoms with E-state index in [9.17, 15) is 38.5 Å². The minimum atomic E-state index is -5.76. The van der Waals surface area contributed by atoms with E-state index in [2.05, 4.69) is 38.5 Å². The molecular formula is C21H29N10O16P3S. The first-order chi connectivity index (χ1) is 23.9. The van der Waals surface area contributed by atoms with Gasteiger partial charge < -0.3 is 55.5 Å². The first kappa shape index (κ1) is 37.8. The first-order valence-corrected chi connectivity index (χ1v) is 19.8. The summed E-state index contributed by atoms with van der Waals surface area (Å²) < 4.78 is 67.8. The number of phosphoric ester groups is 1. The van der Waals surface area contributed by atoms with Gasteiger partial charge in [-0.25, -0.2) is 33.6 Å². The minimum Gasteiger partial charge on any atom is -0.387 e. The van der Waals surface area contributed by atoms with Crippen LogP contribution in [0.5, 0.6) is 0 Å². The molecule has 0 saturated carbocycles. The maximum atomic E-state index is 12.4. The maximum Gasteiger partial charge on any atom is 0.490 e. The highest BCUT2D eigenvalue weighted by atomic mass is 32.2. The van der Waals surface area contributed by atoms with Crippen LogP contribution in [0.1, 0.15) is 18.9 Å². The van der Waals surface area contributed by atoms with Crippen molar-refractivity contribution in [2.75, 3.05) is 30.6 Å². The SMILES string of the molecule is Nc1nc2c(ncn2[C@@H]2O[C@H](COCS[C@H]3C[C@H](n4cnc5c(N)ncnc54)O[C@@H]3COP(=O)(O)OP(=O)(O)OP(=O)(O)O)[C@@H](O)[C@H]2O)c(=O)[nH]1. The molecular weight excluding hydrogens is 773 g/mol. The number of nitrogen functional groups attached to an aromatic ring is 2. The predicted molar refractivity (Wildman–Crippen MR) is 169 cm³/mol. The molecule has 51 heavy (non-hydrogen) atoms. The largest absolute Gasteiger partial charge is 0.490 e. The Morgan fingerprint density at radius 2 is 1.63 bits per heavy atom. The van der Waals surface area contributed by atoms with Crippen LogP contribution in [0.25, 0.3) is 22.3 Å². The van der Waals surface area contributed by atoms with Gasteiger partial charge in [0.15, 0.2) is 28.9 Å². The van der Waals surface area contributed by atoms with E-state index < -0.39 is 77.8 Å². The fourth-order valence-corrected chi connectivity index (χ4v) is 9.33. The van der Waals surface area contributed by atoms with Crippen molar-refractivity contribution in [3.05, 3.63) is 29.3 Å². The molecule has 2 aliphatic rings. The fraction of sp³-hybridized carbons (Fsp3) is 0.524. The summed E-state index contributed by atoms with van der Waals surface area (Å²) in [5, 5.41) is 20.8. The van der Waals surface area contributed by atoms with Crippen molar-refractivity contribution in [3.63, 3.8) is 0 Å². The lowest BCUT2D eigenvalue weighted by Gasteiger charge is -2.21. The number of phosphoric acid groups is 3. The van der Waals surface area contributed by atoms with E-state index in [1.54, 1.807) is 0 Å². The zero-order valence-electron chi connectivity index (χ0n) is 25.4. The van der Waals surface area contributed by atoms with E-state index in [4.69, 9.17) is 40.0 Å². The average Bonchev–Trinajstić information content (AvgIpc) is 3.79. The molecule has 2 unspecified atom stereocenters. The summed E-state index contributed by atoms with van der Waals surface area (Å²) in [5.74, 6) is -0.197. The Balaban J connectivity index is 1.11. The Morgan fingerprint density at radius 3 is 2.37 bits per heavy atom. The summed E-state index contributed by atoms with van der Waals surface area (Å²) in [6.07, 6.45) is -3.06. The Kier molecular flexibility index (Phi) is 10.7. The second-order valence-electron chi connectivity index (χ2n) is 10.8. The minimum absolute atomic E-state index is 0.0162. The standard InChI is InChI=1S/C21H29N10O16P3S/c22-16-12-17(25-4-24-16)30(5-26-12)11-1-10(8(44-11)3-43-49(38,39)47-50(40,41)46-48(35,36)37)51-7-42-2-9-14(32)15(33)20(45-9)31-6-27-13-18(31)28-21(23)29-19(13)34/h4-6,8-11,14-15,20,32-33H,1-3,7H2,(H,38,39)(H,40,41)(H2,22,24,25)(H2,35,36,37)(H3,23,28,29,34)/t8-,9-,10+,11-,14-,15-,20-/m1/s1. The molecule has 0 radical (unpaired) electrons. The fourth-order valence-electron chi connectivity index (χ4n) is 5.27. The molecule has 2 saturated heterocycles. The molecule has 0 spiro atoms. The summed E-state index contributed by atoms with van der Waals surface area (Å²) >= 11 is 1.12. The van der Waals surface area contributed by atoms with Crippen LogP contribution in [-0.2, 0) is 41.1 Å². The number of H-pyrrole nitrogens is 1. The molecule has 0 bridgehead atoms. The summed E-state index contributed by atoms with van der Waals surface area (Å²) in [7, 11) is -16.8. The lowest BCUT2D eigenvalue weighted by molar-refractivity contribution is -0.0597. The van der Waals surface area contributed by atoms with Gasteiger partial charge in [0.05, 0.1) is 37.9 Å². The Hall–Kier alpha value is -2.94. The van der Waals surface area contributed by atoms with Crippen LogP contribution in [0.15, 0.2) is 23.8 Å². The number of aromatic amines is 1. The Morgan fingerprint density at radius 1 is 0.902 bits per heavy atom. The van der Waals surface area contributed by atoms with E-state index in [0.717, 1.165) is 11.8 Å². The molecule has 26 nitrogen and oxygen atoms in total. The van der Waals surface area contributed by atoms with Crippen molar-refractivity contribution in [1.82, 2.24) is 39.0 Å². The van der Waals surface area contributed by atoms with Gasteiger partial charge in [0.1, 0.15) is 36.4 Å². The molecule has 30 heteroatoms. The average molecular weight is 803 g/mol. The van der Waals surface area contributed by atoms with E-state index in [1.165, 1.54) is 28.1 Å². The van der Waals surface area contributed by atoms with Crippen LogP contribution in [0.3, 0.4) is 0 Å². The lowest BCUT2D eigenvalue weighted by Crippen LogP contribution is -2.34. The van der Waals surface area contributed by atoms with Crippen molar-refractivity contribution in [2.45, 2.75) is 48.5 Å². The van der Waals surface area contributed by atoms with Crippen LogP contribution >= 0.6 is 35.2 Å². The molecule has 4 aromatic rings. The van der Waals surface area contributed by atoms with Crippen molar-refractivity contribution < 1.29 is 70.8 Å². The van der Waals surface area contributed by atoms with Gasteiger partial charge in [-0.15, -0.1) is 11.8 Å². The number of rotatable bonds is 14. The van der Waals surface area contributed by atoms with Gasteiger partial charge in [0.25, 0.3) is 5.56 Å². The molecule has 0 aromatic carbocycles. The van der Waals surface area contributed by atoms with Crippen molar-refractivity contribution in [2.24, 2.45) is 0 Å². The highest BCUT2D eigenvalue weighted by Gasteiger charge is 2.46. The normalized spacial score (nSPS) is 28.0. The molecule has 0 aliphatic carbocycles. The van der Waals surface area contributed by atoms with E-state index in [1.807, 2.05) is 0 Å². The zero-order chi connectivity index (χ0) is 36.9. The number of thioether (sulfide) groups is 1. The van der Waals surface area contributed by atoms with Gasteiger partial charge in [0, 0.05) is 11.7 Å². The summed E-state index contributed by atoms with van der Waals surface area (Å²) in [5.41, 5.74) is 11.4. The number of ether oxygens (including phenoxy) is 3. The molecule has 2 fully saturated rings. The predicted octanol–water partition coefficient (Wildman–Crippen LogP) is -1.55. The number of nitrogens with two attached hydrogens (primary N) is 2. The van der Waals surface area contributed by atoms with Gasteiger partial charge in [-0.3, -0.25) is 23.4 Å². The van der Waals surface area contributed by atoms with Crippen LogP contribution in [0, 0.1) is 0 Å². The Bertz CT molecular complexity index is 2110. The first-order valence-electron chi connectivity index (χ1n) is 14.2. The van der Waals surface area contributed by atoms with Crippen LogP contribution in [-0.4, -0.2) is 118 Å². The highest BCUT2D eigenvalue weighted by molar-refractivity contribution is 7.99. The monoisotopic (exact) mass is 802 g/mol. The smallest absolute Gasteiger partial charge is 0.387 e. The van der Waals surface area contributed by atoms with Gasteiger partial charge in [-0.2, -0.15) is 13.6 Å². The third-order valence-corrected chi connectivity index (χ3v) is 12.4. The molecule has 280 valence electrons. The number of aromatic nitrogens is 8. The number of aliphatic hydroxyl groups is 2. The van der Waals surface area contributed by atoms with Crippen molar-refractivity contribution >= 4 is 69.3 Å². The molecule has 6 rings (SSSR count). The van der Waals surface area contributed by atoms with Crippen molar-refractivity contribution in [3.8, 4) is 0 Å². The molecule has 4 aromatic heterocycles. The van der Waals surface area contributed by atoms with Gasteiger partial charge in [-0.05, 0) is 0 Å². The lowest BCUT2D eigenvalue weighted by atomic mass is 10.1. The second kappa shape index (κ2) is 14.5. The molecule has 0 amide bonds. The van der Waals surface area contributed by atoms with Crippen LogP contribution in [0.4, 0.5) is 11.8 Å². The van der Waals surface area contributed by atoms with E-state index in [0.29, 0.717) is 5.65 Å². The summed E-state index contributed by atoms with van der Waals surface area (Å²) in [6, 6.07) is 0. The van der Waals surface area contributed by atoms with E-state index in [-0.39, 0.29) is 47.4 Å². The molecule has 9 atom stereocenters. The number of nitrogens with one attached hydrogen (secondary N) is 1. The number of aliphatic hydroxyl groups excluding tert-OH is 2. The maximum absolute atomic E-state index is 12.4.